The molecule has 1 N–H and O–H groups in total. The third kappa shape index (κ3) is 3.63. The molecule has 3 rings (SSSR count). The molecule has 1 aromatic heterocycles. The molecule has 130 valence electrons. The van der Waals surface area contributed by atoms with Gasteiger partial charge in [-0.15, -0.1) is 0 Å². The van der Waals surface area contributed by atoms with Crippen LogP contribution in [-0.4, -0.2) is 51.3 Å². The number of amides is 2. The molecule has 1 fully saturated rings. The molecule has 2 aromatic rings. The second-order valence-corrected chi connectivity index (χ2v) is 6.35. The van der Waals surface area contributed by atoms with E-state index in [9.17, 15) is 14.7 Å². The molecule has 1 saturated heterocycles. The molecule has 0 saturated carbocycles. The molecule has 0 bridgehead atoms. The zero-order chi connectivity index (χ0) is 18.0. The van der Waals surface area contributed by atoms with Gasteiger partial charge in [0, 0.05) is 25.8 Å². The molecular weight excluding hydrogens is 318 g/mol. The summed E-state index contributed by atoms with van der Waals surface area (Å²) in [6.45, 7) is 5.59. The third-order valence-corrected chi connectivity index (χ3v) is 4.58. The summed E-state index contributed by atoms with van der Waals surface area (Å²) >= 11 is 0. The van der Waals surface area contributed by atoms with E-state index in [4.69, 9.17) is 0 Å². The van der Waals surface area contributed by atoms with Gasteiger partial charge in [0.25, 0.3) is 5.91 Å². The molecule has 1 aliphatic heterocycles. The third-order valence-electron chi connectivity index (χ3n) is 4.58. The van der Waals surface area contributed by atoms with Gasteiger partial charge >= 0.3 is 0 Å². The Balaban J connectivity index is 1.66. The van der Waals surface area contributed by atoms with Gasteiger partial charge in [-0.2, -0.15) is 0 Å². The molecule has 25 heavy (non-hydrogen) atoms. The molecule has 0 radical (unpaired) electrons. The van der Waals surface area contributed by atoms with Gasteiger partial charge in [-0.05, 0) is 36.6 Å². The first-order valence-electron chi connectivity index (χ1n) is 8.22. The van der Waals surface area contributed by atoms with E-state index in [0.29, 0.717) is 19.6 Å². The number of rotatable bonds is 3. The molecule has 0 unspecified atom stereocenters. The molecule has 6 heteroatoms. The normalized spacial score (nSPS) is 14.7. The first kappa shape index (κ1) is 17.0. The van der Waals surface area contributed by atoms with Crippen molar-refractivity contribution in [2.45, 2.75) is 20.4 Å². The van der Waals surface area contributed by atoms with Crippen LogP contribution in [0.1, 0.15) is 27.0 Å². The molecule has 2 heterocycles. The Labute approximate surface area is 146 Å². The van der Waals surface area contributed by atoms with Gasteiger partial charge < -0.3 is 14.9 Å². The quantitative estimate of drug-likeness (QED) is 0.927. The van der Waals surface area contributed by atoms with Crippen LogP contribution in [0, 0.1) is 13.8 Å². The highest BCUT2D eigenvalue weighted by Gasteiger charge is 2.28. The van der Waals surface area contributed by atoms with Crippen molar-refractivity contribution < 1.29 is 14.7 Å². The van der Waals surface area contributed by atoms with Crippen LogP contribution >= 0.6 is 0 Å². The lowest BCUT2D eigenvalue weighted by Crippen LogP contribution is -2.51. The molecule has 0 spiro atoms. The molecule has 1 aliphatic rings. The molecule has 0 aliphatic carbocycles. The fourth-order valence-corrected chi connectivity index (χ4v) is 2.91. The van der Waals surface area contributed by atoms with Gasteiger partial charge in [-0.25, -0.2) is 0 Å². The summed E-state index contributed by atoms with van der Waals surface area (Å²) in [7, 11) is 0. The van der Waals surface area contributed by atoms with Gasteiger partial charge in [0.05, 0.1) is 11.8 Å². The molecule has 0 atom stereocenters. The zero-order valence-corrected chi connectivity index (χ0v) is 14.4. The Kier molecular flexibility index (Phi) is 4.70. The lowest BCUT2D eigenvalue weighted by molar-refractivity contribution is -0.135. The first-order chi connectivity index (χ1) is 12.0. The van der Waals surface area contributed by atoms with Crippen molar-refractivity contribution in [3.8, 4) is 5.75 Å². The number of piperazine rings is 1. The lowest BCUT2D eigenvalue weighted by atomic mass is 10.1. The molecular formula is C19H21N3O3. The first-order valence-corrected chi connectivity index (χ1v) is 8.22. The highest BCUT2D eigenvalue weighted by molar-refractivity contribution is 5.99. The number of carbonyl (C=O) groups excluding carboxylic acids is 2. The van der Waals surface area contributed by atoms with E-state index in [1.165, 1.54) is 34.5 Å². The van der Waals surface area contributed by atoms with Crippen LogP contribution in [0.25, 0.3) is 0 Å². The Hall–Kier alpha value is -2.89. The maximum absolute atomic E-state index is 12.5. The monoisotopic (exact) mass is 339 g/mol. The maximum Gasteiger partial charge on any atom is 0.258 e. The minimum Gasteiger partial charge on any atom is -0.505 e. The fraction of sp³-hybridized carbons (Fsp3) is 0.316. The number of aryl methyl sites for hydroxylation is 2. The predicted octanol–water partition coefficient (Wildman–Crippen LogP) is 1.89. The number of hydrogen-bond donors (Lipinski definition) is 1. The highest BCUT2D eigenvalue weighted by Crippen LogP contribution is 2.19. The smallest absolute Gasteiger partial charge is 0.258 e. The fourth-order valence-electron chi connectivity index (χ4n) is 2.91. The molecule has 1 aromatic carbocycles. The number of carbonyl (C=O) groups is 2. The lowest BCUT2D eigenvalue weighted by Gasteiger charge is -2.34. The van der Waals surface area contributed by atoms with Gasteiger partial charge in [-0.1, -0.05) is 18.2 Å². The summed E-state index contributed by atoms with van der Waals surface area (Å²) in [4.78, 5) is 31.9. The minimum atomic E-state index is -0.348. The van der Waals surface area contributed by atoms with Crippen molar-refractivity contribution >= 4 is 11.8 Å². The largest absolute Gasteiger partial charge is 0.505 e. The van der Waals surface area contributed by atoms with E-state index >= 15 is 0 Å². The van der Waals surface area contributed by atoms with E-state index < -0.39 is 0 Å². The number of hydrogen-bond acceptors (Lipinski definition) is 4. The van der Waals surface area contributed by atoms with Crippen molar-refractivity contribution in [2.75, 3.05) is 19.6 Å². The van der Waals surface area contributed by atoms with Crippen molar-refractivity contribution in [3.63, 3.8) is 0 Å². The van der Waals surface area contributed by atoms with Crippen LogP contribution in [0.2, 0.25) is 0 Å². The van der Waals surface area contributed by atoms with E-state index in [0.717, 1.165) is 5.56 Å². The van der Waals surface area contributed by atoms with Gasteiger partial charge in [0.1, 0.15) is 12.3 Å². The zero-order valence-electron chi connectivity index (χ0n) is 14.4. The van der Waals surface area contributed by atoms with Crippen molar-refractivity contribution in [1.29, 1.82) is 0 Å². The standard InChI is InChI=1S/C19H21N3O3/c1-13-3-4-15(9-14(13)2)11-21-7-8-22(12-18(21)24)19(25)16-5-6-20-10-17(16)23/h3-6,9-10,23H,7-8,11-12H2,1-2H3. The number of pyridine rings is 1. The summed E-state index contributed by atoms with van der Waals surface area (Å²) in [5, 5.41) is 9.77. The van der Waals surface area contributed by atoms with E-state index in [1.807, 2.05) is 6.07 Å². The Morgan fingerprint density at radius 1 is 1.20 bits per heavy atom. The van der Waals surface area contributed by atoms with Gasteiger partial charge in [-0.3, -0.25) is 14.6 Å². The molecule has 2 amide bonds. The van der Waals surface area contributed by atoms with E-state index in [2.05, 4.69) is 31.0 Å². The predicted molar refractivity (Wildman–Crippen MR) is 93.1 cm³/mol. The Bertz CT molecular complexity index is 819. The summed E-state index contributed by atoms with van der Waals surface area (Å²) in [5.41, 5.74) is 3.68. The summed E-state index contributed by atoms with van der Waals surface area (Å²) < 4.78 is 0. The Morgan fingerprint density at radius 3 is 2.68 bits per heavy atom. The van der Waals surface area contributed by atoms with Gasteiger partial charge in [0.2, 0.25) is 5.91 Å². The van der Waals surface area contributed by atoms with Crippen LogP contribution in [0.3, 0.4) is 0 Å². The van der Waals surface area contributed by atoms with Crippen LogP contribution in [0.4, 0.5) is 0 Å². The van der Waals surface area contributed by atoms with E-state index in [1.54, 1.807) is 4.90 Å². The number of aromatic nitrogens is 1. The van der Waals surface area contributed by atoms with Crippen LogP contribution < -0.4 is 0 Å². The van der Waals surface area contributed by atoms with Gasteiger partial charge in [0.15, 0.2) is 0 Å². The van der Waals surface area contributed by atoms with Crippen LogP contribution in [0.5, 0.6) is 5.75 Å². The SMILES string of the molecule is Cc1ccc(CN2CCN(C(=O)c3ccncc3O)CC2=O)cc1C. The summed E-state index contributed by atoms with van der Waals surface area (Å²) in [6.07, 6.45) is 2.68. The second-order valence-electron chi connectivity index (χ2n) is 6.35. The van der Waals surface area contributed by atoms with Crippen LogP contribution in [-0.2, 0) is 11.3 Å². The summed E-state index contributed by atoms with van der Waals surface area (Å²) in [6, 6.07) is 7.64. The summed E-state index contributed by atoms with van der Waals surface area (Å²) in [5.74, 6) is -0.608. The molecule has 6 nitrogen and oxygen atoms in total. The number of nitrogens with zero attached hydrogens (tertiary/aromatic N) is 3. The maximum atomic E-state index is 12.5. The van der Waals surface area contributed by atoms with Crippen molar-refractivity contribution in [3.05, 3.63) is 58.9 Å². The number of aromatic hydroxyl groups is 1. The Morgan fingerprint density at radius 2 is 2.00 bits per heavy atom. The average molecular weight is 339 g/mol. The van der Waals surface area contributed by atoms with Crippen LogP contribution in [0.15, 0.2) is 36.7 Å². The highest BCUT2D eigenvalue weighted by atomic mass is 16.3. The second kappa shape index (κ2) is 6.93. The van der Waals surface area contributed by atoms with Crippen molar-refractivity contribution in [2.24, 2.45) is 0 Å². The minimum absolute atomic E-state index is 0.0193. The van der Waals surface area contributed by atoms with Crippen molar-refractivity contribution in [1.82, 2.24) is 14.8 Å². The average Bonchev–Trinajstić information content (AvgIpc) is 2.60. The number of benzene rings is 1. The van der Waals surface area contributed by atoms with E-state index in [-0.39, 0.29) is 29.7 Å². The topological polar surface area (TPSA) is 73.7 Å².